The van der Waals surface area contributed by atoms with Gasteiger partial charge in [0.1, 0.15) is 11.7 Å². The Bertz CT molecular complexity index is 469. The van der Waals surface area contributed by atoms with Crippen molar-refractivity contribution in [3.63, 3.8) is 0 Å². The van der Waals surface area contributed by atoms with Crippen LogP contribution in [0.2, 0.25) is 5.02 Å². The molecule has 4 nitrogen and oxygen atoms in total. The first-order chi connectivity index (χ1) is 8.22. The second-order valence-electron chi connectivity index (χ2n) is 4.00. The Hall–Kier alpha value is -1.60. The number of rotatable bonds is 1. The van der Waals surface area contributed by atoms with Gasteiger partial charge in [0.2, 0.25) is 0 Å². The fourth-order valence-electron chi connectivity index (χ4n) is 1.98. The van der Waals surface area contributed by atoms with E-state index in [9.17, 15) is 4.79 Å². The number of carbonyl (C=O) groups is 1. The molecule has 2 heterocycles. The van der Waals surface area contributed by atoms with Gasteiger partial charge in [-0.3, -0.25) is 9.78 Å². The van der Waals surface area contributed by atoms with Gasteiger partial charge in [0.05, 0.1) is 6.07 Å². The van der Waals surface area contributed by atoms with Crippen molar-refractivity contribution in [2.45, 2.75) is 25.3 Å². The largest absolute Gasteiger partial charge is 0.321 e. The second kappa shape index (κ2) is 5.15. The molecule has 0 bridgehead atoms. The summed E-state index contributed by atoms with van der Waals surface area (Å²) in [4.78, 5) is 17.8. The topological polar surface area (TPSA) is 57.0 Å². The predicted octanol–water partition coefficient (Wildman–Crippen LogP) is 2.25. The zero-order chi connectivity index (χ0) is 12.3. The fraction of sp³-hybridized carbons (Fsp3) is 0.417. The van der Waals surface area contributed by atoms with Crippen LogP contribution in [0.5, 0.6) is 0 Å². The highest BCUT2D eigenvalue weighted by molar-refractivity contribution is 6.30. The van der Waals surface area contributed by atoms with Crippen LogP contribution in [0.25, 0.3) is 0 Å². The third kappa shape index (κ3) is 2.56. The van der Waals surface area contributed by atoms with Gasteiger partial charge >= 0.3 is 0 Å². The van der Waals surface area contributed by atoms with E-state index >= 15 is 0 Å². The first-order valence-electron chi connectivity index (χ1n) is 5.54. The molecule has 0 saturated carbocycles. The van der Waals surface area contributed by atoms with Gasteiger partial charge in [-0.2, -0.15) is 5.26 Å². The number of pyridine rings is 1. The molecule has 1 fully saturated rings. The third-order valence-corrected chi connectivity index (χ3v) is 3.09. The van der Waals surface area contributed by atoms with E-state index in [1.54, 1.807) is 11.0 Å². The van der Waals surface area contributed by atoms with E-state index in [1.165, 1.54) is 12.3 Å². The van der Waals surface area contributed by atoms with Crippen molar-refractivity contribution < 1.29 is 4.79 Å². The maximum atomic E-state index is 12.2. The molecule has 0 spiro atoms. The predicted molar refractivity (Wildman–Crippen MR) is 63.5 cm³/mol. The molecule has 0 aliphatic carbocycles. The van der Waals surface area contributed by atoms with Crippen molar-refractivity contribution in [1.82, 2.24) is 9.88 Å². The molecule has 1 aliphatic rings. The van der Waals surface area contributed by atoms with Crippen molar-refractivity contribution in [3.8, 4) is 6.07 Å². The van der Waals surface area contributed by atoms with Gasteiger partial charge in [-0.25, -0.2) is 0 Å². The van der Waals surface area contributed by atoms with Crippen LogP contribution in [0.1, 0.15) is 29.8 Å². The SMILES string of the molecule is N#CC1CCCCN1C(=O)c1cc(Cl)ccn1. The second-order valence-corrected chi connectivity index (χ2v) is 4.43. The summed E-state index contributed by atoms with van der Waals surface area (Å²) in [6.07, 6.45) is 4.17. The van der Waals surface area contributed by atoms with Crippen molar-refractivity contribution in [2.24, 2.45) is 0 Å². The standard InChI is InChI=1S/C12H12ClN3O/c13-9-4-5-15-11(7-9)12(17)16-6-2-1-3-10(16)8-14/h4-5,7,10H,1-3,6H2. The van der Waals surface area contributed by atoms with E-state index < -0.39 is 0 Å². The van der Waals surface area contributed by atoms with Gasteiger partial charge in [-0.1, -0.05) is 11.6 Å². The van der Waals surface area contributed by atoms with Crippen LogP contribution in [-0.4, -0.2) is 28.4 Å². The summed E-state index contributed by atoms with van der Waals surface area (Å²) >= 11 is 5.82. The van der Waals surface area contributed by atoms with E-state index in [0.717, 1.165) is 19.3 Å². The quantitative estimate of drug-likeness (QED) is 0.767. The summed E-state index contributed by atoms with van der Waals surface area (Å²) in [5, 5.41) is 9.50. The molecular formula is C12H12ClN3O. The third-order valence-electron chi connectivity index (χ3n) is 2.85. The van der Waals surface area contributed by atoms with Crippen molar-refractivity contribution in [3.05, 3.63) is 29.0 Å². The minimum Gasteiger partial charge on any atom is -0.321 e. The van der Waals surface area contributed by atoms with E-state index in [-0.39, 0.29) is 11.9 Å². The Morgan fingerprint density at radius 3 is 3.12 bits per heavy atom. The minimum absolute atomic E-state index is 0.209. The molecule has 5 heteroatoms. The lowest BCUT2D eigenvalue weighted by atomic mass is 10.0. The van der Waals surface area contributed by atoms with Crippen molar-refractivity contribution in [2.75, 3.05) is 6.54 Å². The van der Waals surface area contributed by atoms with E-state index in [0.29, 0.717) is 17.3 Å². The normalized spacial score (nSPS) is 19.8. The van der Waals surface area contributed by atoms with Gasteiger partial charge in [0.15, 0.2) is 0 Å². The Balaban J connectivity index is 2.22. The molecule has 0 radical (unpaired) electrons. The lowest BCUT2D eigenvalue weighted by Crippen LogP contribution is -2.43. The summed E-state index contributed by atoms with van der Waals surface area (Å²) in [6.45, 7) is 0.616. The molecule has 88 valence electrons. The van der Waals surface area contributed by atoms with Crippen molar-refractivity contribution in [1.29, 1.82) is 5.26 Å². The molecule has 1 aromatic rings. The first kappa shape index (κ1) is 11.9. The first-order valence-corrected chi connectivity index (χ1v) is 5.92. The number of halogens is 1. The molecule has 1 amide bonds. The molecule has 1 aliphatic heterocycles. The molecule has 17 heavy (non-hydrogen) atoms. The Morgan fingerprint density at radius 2 is 2.41 bits per heavy atom. The zero-order valence-corrected chi connectivity index (χ0v) is 10.0. The number of hydrogen-bond donors (Lipinski definition) is 0. The number of aromatic nitrogens is 1. The molecular weight excluding hydrogens is 238 g/mol. The number of likely N-dealkylation sites (tertiary alicyclic amines) is 1. The maximum Gasteiger partial charge on any atom is 0.273 e. The van der Waals surface area contributed by atoms with Crippen LogP contribution in [-0.2, 0) is 0 Å². The summed E-state index contributed by atoms with van der Waals surface area (Å²) in [5.74, 6) is -0.209. The van der Waals surface area contributed by atoms with E-state index in [1.807, 2.05) is 0 Å². The lowest BCUT2D eigenvalue weighted by molar-refractivity contribution is 0.0664. The molecule has 0 N–H and O–H groups in total. The van der Waals surface area contributed by atoms with Gasteiger partial charge in [0.25, 0.3) is 5.91 Å². The van der Waals surface area contributed by atoms with Crippen LogP contribution >= 0.6 is 11.6 Å². The summed E-state index contributed by atoms with van der Waals surface area (Å²) in [5.41, 5.74) is 0.305. The van der Waals surface area contributed by atoms with Crippen LogP contribution in [0, 0.1) is 11.3 Å². The number of amides is 1. The molecule has 1 atom stereocenters. The summed E-state index contributed by atoms with van der Waals surface area (Å²) < 4.78 is 0. The van der Waals surface area contributed by atoms with Gasteiger partial charge in [0, 0.05) is 17.8 Å². The summed E-state index contributed by atoms with van der Waals surface area (Å²) in [6, 6.07) is 4.98. The van der Waals surface area contributed by atoms with E-state index in [4.69, 9.17) is 16.9 Å². The van der Waals surface area contributed by atoms with Crippen LogP contribution in [0.3, 0.4) is 0 Å². The van der Waals surface area contributed by atoms with Crippen LogP contribution in [0.4, 0.5) is 0 Å². The lowest BCUT2D eigenvalue weighted by Gasteiger charge is -2.31. The van der Waals surface area contributed by atoms with E-state index in [2.05, 4.69) is 11.1 Å². The van der Waals surface area contributed by atoms with Gasteiger partial charge in [-0.15, -0.1) is 0 Å². The molecule has 1 saturated heterocycles. The highest BCUT2D eigenvalue weighted by Crippen LogP contribution is 2.19. The number of carbonyl (C=O) groups excluding carboxylic acids is 1. The van der Waals surface area contributed by atoms with Gasteiger partial charge < -0.3 is 4.90 Å². The van der Waals surface area contributed by atoms with Gasteiger partial charge in [-0.05, 0) is 31.4 Å². The molecule has 0 aromatic carbocycles. The Morgan fingerprint density at radius 1 is 1.59 bits per heavy atom. The number of nitriles is 1. The Labute approximate surface area is 105 Å². The Kier molecular flexibility index (Phi) is 3.60. The fourth-order valence-corrected chi connectivity index (χ4v) is 2.14. The monoisotopic (exact) mass is 249 g/mol. The number of nitrogens with zero attached hydrogens (tertiary/aromatic N) is 3. The molecule has 1 aromatic heterocycles. The average molecular weight is 250 g/mol. The zero-order valence-electron chi connectivity index (χ0n) is 9.27. The van der Waals surface area contributed by atoms with Crippen LogP contribution in [0.15, 0.2) is 18.3 Å². The van der Waals surface area contributed by atoms with Crippen LogP contribution < -0.4 is 0 Å². The number of hydrogen-bond acceptors (Lipinski definition) is 3. The highest BCUT2D eigenvalue weighted by Gasteiger charge is 2.27. The number of piperidine rings is 1. The molecule has 1 unspecified atom stereocenters. The highest BCUT2D eigenvalue weighted by atomic mass is 35.5. The van der Waals surface area contributed by atoms with Crippen molar-refractivity contribution >= 4 is 17.5 Å². The smallest absolute Gasteiger partial charge is 0.273 e. The maximum absolute atomic E-state index is 12.2. The summed E-state index contributed by atoms with van der Waals surface area (Å²) in [7, 11) is 0. The molecule has 2 rings (SSSR count). The minimum atomic E-state index is -0.336. The average Bonchev–Trinajstić information content (AvgIpc) is 2.38.